The van der Waals surface area contributed by atoms with Gasteiger partial charge in [0.05, 0.1) is 12.6 Å². The van der Waals surface area contributed by atoms with Crippen LogP contribution in [0.25, 0.3) is 0 Å². The molecule has 2 fully saturated rings. The summed E-state index contributed by atoms with van der Waals surface area (Å²) in [5.74, 6) is 0.224. The SMILES string of the molecule is CCOC(=O)CCCCCN1CCCN(C(=O)c2cccc(C(c3cccc(O)c3)N3C[C@@H](C)N(Cc4ccccc4)C[C@@H]3C)c2)CC1. The van der Waals surface area contributed by atoms with Crippen molar-refractivity contribution in [3.8, 4) is 5.75 Å². The number of carbonyl (C=O) groups excluding carboxylic acids is 2. The Bertz CT molecular complexity index is 1470. The molecule has 1 amide bonds. The molecule has 0 aromatic heterocycles. The number of nitrogens with zero attached hydrogens (tertiary/aromatic N) is 4. The largest absolute Gasteiger partial charge is 0.508 e. The molecule has 1 unspecified atom stereocenters. The normalized spacial score (nSPS) is 20.3. The zero-order valence-corrected chi connectivity index (χ0v) is 29.1. The third-order valence-electron chi connectivity index (χ3n) is 9.89. The van der Waals surface area contributed by atoms with Crippen LogP contribution in [-0.2, 0) is 16.1 Å². The van der Waals surface area contributed by atoms with E-state index in [9.17, 15) is 14.7 Å². The highest BCUT2D eigenvalue weighted by Gasteiger charge is 2.35. The molecular formula is C40H54N4O4. The fraction of sp³-hybridized carbons (Fsp3) is 0.500. The Balaban J connectivity index is 1.26. The molecule has 0 aliphatic carbocycles. The number of hydrogen-bond donors (Lipinski definition) is 1. The number of amides is 1. The smallest absolute Gasteiger partial charge is 0.305 e. The molecule has 8 nitrogen and oxygen atoms in total. The topological polar surface area (TPSA) is 76.6 Å². The third kappa shape index (κ3) is 9.68. The minimum absolute atomic E-state index is 0.0805. The molecule has 0 bridgehead atoms. The lowest BCUT2D eigenvalue weighted by Gasteiger charge is -2.47. The molecule has 2 saturated heterocycles. The van der Waals surface area contributed by atoms with Gasteiger partial charge in [0.2, 0.25) is 0 Å². The lowest BCUT2D eigenvalue weighted by atomic mass is 9.92. The number of ether oxygens (including phenoxy) is 1. The summed E-state index contributed by atoms with van der Waals surface area (Å²) in [5.41, 5.74) is 4.14. The van der Waals surface area contributed by atoms with Gasteiger partial charge in [-0.25, -0.2) is 0 Å². The summed E-state index contributed by atoms with van der Waals surface area (Å²) >= 11 is 0. The number of unbranched alkanes of at least 4 members (excludes halogenated alkanes) is 2. The molecule has 8 heteroatoms. The van der Waals surface area contributed by atoms with Crippen molar-refractivity contribution in [2.24, 2.45) is 0 Å². The Morgan fingerprint density at radius 2 is 1.60 bits per heavy atom. The molecule has 2 aliphatic rings. The molecule has 0 saturated carbocycles. The third-order valence-corrected chi connectivity index (χ3v) is 9.89. The number of aromatic hydroxyl groups is 1. The highest BCUT2D eigenvalue weighted by molar-refractivity contribution is 5.94. The van der Waals surface area contributed by atoms with E-state index in [1.54, 1.807) is 6.07 Å². The van der Waals surface area contributed by atoms with E-state index in [4.69, 9.17) is 4.74 Å². The summed E-state index contributed by atoms with van der Waals surface area (Å²) in [7, 11) is 0. The lowest BCUT2D eigenvalue weighted by Crippen LogP contribution is -2.56. The van der Waals surface area contributed by atoms with E-state index in [0.717, 1.165) is 82.6 Å². The average Bonchev–Trinajstić information content (AvgIpc) is 3.33. The molecule has 1 N–H and O–H groups in total. The van der Waals surface area contributed by atoms with Crippen molar-refractivity contribution < 1.29 is 19.4 Å². The Morgan fingerprint density at radius 1 is 0.833 bits per heavy atom. The minimum Gasteiger partial charge on any atom is -0.508 e. The zero-order chi connectivity index (χ0) is 33.9. The first-order valence-electron chi connectivity index (χ1n) is 17.9. The van der Waals surface area contributed by atoms with Gasteiger partial charge in [0.25, 0.3) is 5.91 Å². The Hall–Kier alpha value is -3.72. The first kappa shape index (κ1) is 35.6. The predicted octanol–water partition coefficient (Wildman–Crippen LogP) is 6.35. The van der Waals surface area contributed by atoms with Gasteiger partial charge >= 0.3 is 5.97 Å². The fourth-order valence-electron chi connectivity index (χ4n) is 7.33. The number of phenols is 1. The second-order valence-corrected chi connectivity index (χ2v) is 13.5. The molecule has 3 aromatic carbocycles. The monoisotopic (exact) mass is 654 g/mol. The molecule has 2 heterocycles. The summed E-state index contributed by atoms with van der Waals surface area (Å²) in [6.45, 7) is 13.9. The van der Waals surface area contributed by atoms with Crippen molar-refractivity contribution in [1.82, 2.24) is 19.6 Å². The number of benzene rings is 3. The van der Waals surface area contributed by atoms with Crippen LogP contribution in [-0.4, -0.2) is 101 Å². The minimum atomic E-state index is -0.107. The summed E-state index contributed by atoms with van der Waals surface area (Å²) in [6, 6.07) is 26.9. The summed E-state index contributed by atoms with van der Waals surface area (Å²) in [6.07, 6.45) is 4.35. The number of piperazine rings is 1. The number of esters is 1. The quantitative estimate of drug-likeness (QED) is 0.170. The second-order valence-electron chi connectivity index (χ2n) is 13.5. The van der Waals surface area contributed by atoms with E-state index in [0.29, 0.717) is 31.2 Å². The molecule has 0 spiro atoms. The van der Waals surface area contributed by atoms with Gasteiger partial charge in [-0.15, -0.1) is 0 Å². The van der Waals surface area contributed by atoms with E-state index in [2.05, 4.69) is 77.1 Å². The number of rotatable bonds is 13. The average molecular weight is 655 g/mol. The van der Waals surface area contributed by atoms with Gasteiger partial charge in [0, 0.05) is 63.3 Å². The van der Waals surface area contributed by atoms with E-state index >= 15 is 0 Å². The lowest BCUT2D eigenvalue weighted by molar-refractivity contribution is -0.143. The maximum Gasteiger partial charge on any atom is 0.305 e. The van der Waals surface area contributed by atoms with Gasteiger partial charge in [-0.05, 0) is 94.1 Å². The van der Waals surface area contributed by atoms with E-state index < -0.39 is 0 Å². The van der Waals surface area contributed by atoms with Crippen molar-refractivity contribution >= 4 is 11.9 Å². The second kappa shape index (κ2) is 17.6. The predicted molar refractivity (Wildman–Crippen MR) is 191 cm³/mol. The van der Waals surface area contributed by atoms with Crippen LogP contribution < -0.4 is 0 Å². The molecule has 258 valence electrons. The first-order chi connectivity index (χ1) is 23.3. The maximum atomic E-state index is 14.0. The Kier molecular flexibility index (Phi) is 13.1. The van der Waals surface area contributed by atoms with Crippen LogP contribution in [0.1, 0.15) is 86.0 Å². The van der Waals surface area contributed by atoms with Crippen LogP contribution in [0.5, 0.6) is 5.75 Å². The van der Waals surface area contributed by atoms with Crippen LogP contribution in [0, 0.1) is 0 Å². The molecule has 3 aromatic rings. The van der Waals surface area contributed by atoms with Crippen molar-refractivity contribution in [2.45, 2.75) is 77.5 Å². The van der Waals surface area contributed by atoms with E-state index in [-0.39, 0.29) is 29.7 Å². The molecule has 0 radical (unpaired) electrons. The Morgan fingerprint density at radius 3 is 2.38 bits per heavy atom. The highest BCUT2D eigenvalue weighted by atomic mass is 16.5. The van der Waals surface area contributed by atoms with Gasteiger partial charge in [-0.3, -0.25) is 19.4 Å². The van der Waals surface area contributed by atoms with E-state index in [1.165, 1.54) is 5.56 Å². The van der Waals surface area contributed by atoms with Crippen LogP contribution in [0.15, 0.2) is 78.9 Å². The molecule has 5 rings (SSSR count). The van der Waals surface area contributed by atoms with Crippen molar-refractivity contribution in [3.05, 3.63) is 101 Å². The molecule has 2 aliphatic heterocycles. The van der Waals surface area contributed by atoms with Crippen molar-refractivity contribution in [1.29, 1.82) is 0 Å². The van der Waals surface area contributed by atoms with Crippen LogP contribution in [0.2, 0.25) is 0 Å². The van der Waals surface area contributed by atoms with Crippen LogP contribution >= 0.6 is 0 Å². The summed E-state index contributed by atoms with van der Waals surface area (Å²) in [5, 5.41) is 10.5. The molecular weight excluding hydrogens is 600 g/mol. The maximum absolute atomic E-state index is 14.0. The van der Waals surface area contributed by atoms with E-state index in [1.807, 2.05) is 36.1 Å². The van der Waals surface area contributed by atoms with Gasteiger partial charge < -0.3 is 19.6 Å². The number of hydrogen-bond acceptors (Lipinski definition) is 7. The first-order valence-corrected chi connectivity index (χ1v) is 17.9. The van der Waals surface area contributed by atoms with Gasteiger partial charge in [0.1, 0.15) is 5.75 Å². The number of phenolic OH excluding ortho intramolecular Hbond substituents is 1. The summed E-state index contributed by atoms with van der Waals surface area (Å²) in [4.78, 5) is 35.1. The van der Waals surface area contributed by atoms with Gasteiger partial charge in [0.15, 0.2) is 0 Å². The number of carbonyl (C=O) groups is 2. The van der Waals surface area contributed by atoms with Crippen molar-refractivity contribution in [2.75, 3.05) is 52.4 Å². The highest BCUT2D eigenvalue weighted by Crippen LogP contribution is 2.35. The van der Waals surface area contributed by atoms with Crippen LogP contribution in [0.4, 0.5) is 0 Å². The Labute approximate surface area is 287 Å². The van der Waals surface area contributed by atoms with Gasteiger partial charge in [-0.2, -0.15) is 0 Å². The standard InChI is InChI=1S/C40H54N4O4/c1-4-48-38(46)20-9-6-10-21-41-22-13-23-42(25-24-41)40(47)36-18-11-16-34(26-36)39(35-17-12-19-37(45)27-35)44-29-31(2)43(28-32(44)3)30-33-14-7-5-8-15-33/h5,7-8,11-12,14-19,26-27,31-32,39,45H,4,6,9-10,13,20-25,28-30H2,1-3H3/t31-,32+,39?/m1/s1. The fourth-order valence-corrected chi connectivity index (χ4v) is 7.33. The van der Waals surface area contributed by atoms with Crippen LogP contribution in [0.3, 0.4) is 0 Å². The summed E-state index contributed by atoms with van der Waals surface area (Å²) < 4.78 is 5.03. The van der Waals surface area contributed by atoms with Crippen molar-refractivity contribution in [3.63, 3.8) is 0 Å². The molecule has 3 atom stereocenters. The van der Waals surface area contributed by atoms with Gasteiger partial charge in [-0.1, -0.05) is 61.0 Å². The molecule has 48 heavy (non-hydrogen) atoms. The zero-order valence-electron chi connectivity index (χ0n) is 29.1.